The second-order valence-corrected chi connectivity index (χ2v) is 25.4. The van der Waals surface area contributed by atoms with Crippen LogP contribution >= 0.6 is 0 Å². The Morgan fingerprint density at radius 1 is 0.372 bits per heavy atom. The van der Waals surface area contributed by atoms with E-state index >= 15 is 0 Å². The molecule has 0 spiro atoms. The highest BCUT2D eigenvalue weighted by atomic mass is 16.8. The van der Waals surface area contributed by atoms with Crippen molar-refractivity contribution >= 4 is 11.6 Å². The zero-order valence-electron chi connectivity index (χ0n) is 50.7. The number of hydrogen-bond acceptors (Lipinski definition) is 37. The smallest absolute Gasteiger partial charge is 0.264 e. The Balaban J connectivity index is 0.930. The summed E-state index contributed by atoms with van der Waals surface area (Å²) in [4.78, 5) is 19.4. The molecule has 536 valence electrons. The summed E-state index contributed by atoms with van der Waals surface area (Å²) >= 11 is 0. The molecule has 1 aromatic carbocycles. The normalized spacial score (nSPS) is 49.1. The first kappa shape index (κ1) is 73.5. The summed E-state index contributed by atoms with van der Waals surface area (Å²) < 4.78 is 81.5. The predicted octanol–water partition coefficient (Wildman–Crippen LogP) is -12.6. The summed E-state index contributed by atoms with van der Waals surface area (Å²) in [5.74, 6) is -0.805. The van der Waals surface area contributed by atoms with Crippen molar-refractivity contribution in [2.75, 3.05) is 46.2 Å². The first-order chi connectivity index (χ1) is 44.7. The van der Waals surface area contributed by atoms with Crippen LogP contribution in [0, 0.1) is 0 Å². The molecule has 0 radical (unpaired) electrons. The van der Waals surface area contributed by atoms with Crippen molar-refractivity contribution in [1.29, 1.82) is 0 Å². The maximum Gasteiger partial charge on any atom is 0.264 e. The molecule has 0 aliphatic carbocycles. The van der Waals surface area contributed by atoms with Gasteiger partial charge in [0, 0.05) is 13.0 Å². The van der Waals surface area contributed by atoms with Crippen LogP contribution in [0.25, 0.3) is 0 Å². The van der Waals surface area contributed by atoms with Gasteiger partial charge in [0.2, 0.25) is 6.10 Å². The molecule has 94 heavy (non-hydrogen) atoms. The van der Waals surface area contributed by atoms with Gasteiger partial charge >= 0.3 is 0 Å². The van der Waals surface area contributed by atoms with Gasteiger partial charge in [-0.2, -0.15) is 0 Å². The number of rotatable bonds is 10. The van der Waals surface area contributed by atoms with Crippen LogP contribution in [0.4, 0.5) is 0 Å². The molecule has 1 amide bonds. The monoisotopic (exact) mass is 1360 g/mol. The van der Waals surface area contributed by atoms with E-state index in [2.05, 4.69) is 10.5 Å². The van der Waals surface area contributed by atoms with Crippen molar-refractivity contribution in [3.63, 3.8) is 0 Å². The SMILES string of the molecule is CC(C)(C)c1ccc(C2=NOC(C(=O)NC[C@@H]3O[C@@H]4O[C@H]5[C@@H](O)[C@H](O)[C@@H](O[C@H]6[C@H](O)[C@H](O)[C@@H](O[C@H]7[C@H](O)[C@@H](O)[C@@H](O[C@H]8[C@H](O)[C@@H](O)[C@@H](O[C@H]9[C@H](O)[C@@H](O)[C@@H](O[C@H]%10[C@H](O)[C@@H](O)[C@@H](O[C@H]3[C@H](O)[C@H]4O)O[C@H]%10CO)O[C@H]9CO)O[C@H]8CO)O[C@@H]7CO)O[C@@H]6CO)O[C@@H]5CO)C2)cc1. The fraction of sp³-hybridized carbons (Fsp3) is 0.857. The highest BCUT2D eigenvalue weighted by Crippen LogP contribution is 2.39. The Morgan fingerprint density at radius 3 is 0.840 bits per heavy atom. The number of aliphatic hydroxyl groups excluding tert-OH is 20. The largest absolute Gasteiger partial charge is 0.394 e. The number of oxime groups is 1. The molecule has 38 nitrogen and oxygen atoms in total. The number of hydrogen-bond donors (Lipinski definition) is 21. The van der Waals surface area contributed by atoms with E-state index in [1.54, 1.807) is 0 Å². The minimum absolute atomic E-state index is 0.0357. The van der Waals surface area contributed by atoms with Crippen LogP contribution in [0.5, 0.6) is 0 Å². The zero-order chi connectivity index (χ0) is 68.1. The summed E-state index contributed by atoms with van der Waals surface area (Å²) in [6.45, 7) is -1.03. The first-order valence-corrected chi connectivity index (χ1v) is 30.6. The Labute approximate surface area is 534 Å². The highest BCUT2D eigenvalue weighted by molar-refractivity contribution is 6.04. The van der Waals surface area contributed by atoms with Crippen molar-refractivity contribution in [2.24, 2.45) is 5.16 Å². The number of ether oxygens (including phenoxy) is 14. The molecule has 38 heteroatoms. The van der Waals surface area contributed by atoms with Crippen molar-refractivity contribution in [1.82, 2.24) is 5.32 Å². The Bertz CT molecular complexity index is 2620. The molecule has 22 heterocycles. The fourth-order valence-electron chi connectivity index (χ4n) is 12.6. The molecule has 0 aromatic heterocycles. The average molecular weight is 1360 g/mol. The van der Waals surface area contributed by atoms with E-state index < -0.39 is 273 Å². The van der Waals surface area contributed by atoms with E-state index in [4.69, 9.17) is 71.2 Å². The van der Waals surface area contributed by atoms with Gasteiger partial charge in [-0.25, -0.2) is 0 Å². The number of benzene rings is 1. The molecule has 1 unspecified atom stereocenters. The topological polar surface area (TPSA) is 585 Å². The lowest BCUT2D eigenvalue weighted by atomic mass is 9.86. The quantitative estimate of drug-likeness (QED) is 0.103. The van der Waals surface area contributed by atoms with Gasteiger partial charge in [0.05, 0.1) is 45.4 Å². The maximum atomic E-state index is 13.9. The molecule has 21 N–H and O–H groups in total. The molecule has 22 aliphatic rings. The lowest BCUT2D eigenvalue weighted by Crippen LogP contribution is -2.68. The van der Waals surface area contributed by atoms with Gasteiger partial charge in [-0.15, -0.1) is 0 Å². The van der Waals surface area contributed by atoms with E-state index in [0.717, 1.165) is 5.56 Å². The van der Waals surface area contributed by atoms with Crippen LogP contribution in [0.2, 0.25) is 0 Å². The third-order valence-electron chi connectivity index (χ3n) is 18.1. The number of carbonyl (C=O) groups excluding carboxylic acids is 1. The van der Waals surface area contributed by atoms with Gasteiger partial charge in [-0.05, 0) is 16.5 Å². The molecule has 23 rings (SSSR count). The van der Waals surface area contributed by atoms with Crippen LogP contribution in [0.15, 0.2) is 29.4 Å². The second kappa shape index (κ2) is 30.7. The molecule has 1 aromatic rings. The molecule has 36 atom stereocenters. The molecule has 22 aliphatic heterocycles. The highest BCUT2D eigenvalue weighted by Gasteiger charge is 2.60. The van der Waals surface area contributed by atoms with Gasteiger partial charge in [0.1, 0.15) is 171 Å². The fourth-order valence-corrected chi connectivity index (χ4v) is 12.6. The molecular formula is C56H86N2O36. The Kier molecular flexibility index (Phi) is 24.0. The van der Waals surface area contributed by atoms with Gasteiger partial charge in [0.15, 0.2) is 44.0 Å². The van der Waals surface area contributed by atoms with E-state index in [9.17, 15) is 107 Å². The Hall–Kier alpha value is -3.20. The summed E-state index contributed by atoms with van der Waals surface area (Å²) in [5, 5.41) is 232. The van der Waals surface area contributed by atoms with Crippen LogP contribution in [0.1, 0.15) is 38.3 Å². The van der Waals surface area contributed by atoms with E-state index in [1.807, 2.05) is 45.0 Å². The number of carbonyl (C=O) groups is 1. The van der Waals surface area contributed by atoms with Crippen LogP contribution in [0.3, 0.4) is 0 Å². The van der Waals surface area contributed by atoms with E-state index in [-0.39, 0.29) is 11.8 Å². The summed E-state index contributed by atoms with van der Waals surface area (Å²) in [6, 6.07) is 7.43. The molecule has 21 saturated heterocycles. The van der Waals surface area contributed by atoms with Crippen LogP contribution in [-0.4, -0.2) is 381 Å². The van der Waals surface area contributed by atoms with Crippen molar-refractivity contribution < 1.29 is 178 Å². The molecular weight excluding hydrogens is 1280 g/mol. The lowest BCUT2D eigenvalue weighted by Gasteiger charge is -2.50. The number of nitrogens with zero attached hydrogens (tertiary/aromatic N) is 1. The van der Waals surface area contributed by atoms with Gasteiger partial charge in [-0.3, -0.25) is 4.79 Å². The third-order valence-corrected chi connectivity index (χ3v) is 18.1. The van der Waals surface area contributed by atoms with Crippen molar-refractivity contribution in [2.45, 2.75) is 254 Å². The number of aliphatic hydroxyl groups is 20. The Morgan fingerprint density at radius 2 is 0.606 bits per heavy atom. The summed E-state index contributed by atoms with van der Waals surface area (Å²) in [6.07, 6.45) is -73.0. The van der Waals surface area contributed by atoms with E-state index in [1.165, 1.54) is 0 Å². The van der Waals surface area contributed by atoms with Crippen molar-refractivity contribution in [3.8, 4) is 0 Å². The van der Waals surface area contributed by atoms with Crippen molar-refractivity contribution in [3.05, 3.63) is 35.4 Å². The second-order valence-electron chi connectivity index (χ2n) is 25.4. The zero-order valence-corrected chi connectivity index (χ0v) is 50.7. The average Bonchev–Trinajstić information content (AvgIpc) is 1.06. The molecule has 0 saturated carbocycles. The predicted molar refractivity (Wildman–Crippen MR) is 296 cm³/mol. The lowest BCUT2D eigenvalue weighted by molar-refractivity contribution is -0.396. The first-order valence-electron chi connectivity index (χ1n) is 30.6. The minimum Gasteiger partial charge on any atom is -0.394 e. The molecule has 21 fully saturated rings. The number of amides is 1. The van der Waals surface area contributed by atoms with Gasteiger partial charge < -0.3 is 179 Å². The van der Waals surface area contributed by atoms with Gasteiger partial charge in [0.25, 0.3) is 5.91 Å². The molecule has 14 bridgehead atoms. The van der Waals surface area contributed by atoms with Gasteiger partial charge in [-0.1, -0.05) is 50.2 Å². The minimum atomic E-state index is -2.28. The van der Waals surface area contributed by atoms with Crippen LogP contribution in [-0.2, 0) is 81.4 Å². The number of nitrogens with one attached hydrogen (secondary N) is 1. The third kappa shape index (κ3) is 14.8. The van der Waals surface area contributed by atoms with Crippen LogP contribution < -0.4 is 5.32 Å². The maximum absolute atomic E-state index is 13.9. The summed E-state index contributed by atoms with van der Waals surface area (Å²) in [5.41, 5.74) is 1.92. The van der Waals surface area contributed by atoms with E-state index in [0.29, 0.717) is 11.3 Å². The standard InChI is InChI=1S/C56H86N2O36/c1-56(2,3)17-6-4-16(5-7-17)18-8-19(94-58-18)48(79)57-9-20-41-27(65)34(72)49(80-20)88-42-21(10-59)82-51(36(74)29(42)67)90-44-23(12-61)84-53(38(76)31(44)69)92-46-25(14-63)86-55(40(78)33(46)71)93-47-26(15-64)85-54(39(77)32(47)70)91-45-24(13-62)83-52(37(75)30(45)68)89-43-22(11-60)81-50(87-41)35(73)28(43)66/h4-7,19-47,49-55,59-78H,8-15H2,1-3H3,(H,57,79)/t19?,20-,21+,22-,23+,24-,25+,26-,27+,28+,29-,30+,31+,32+,33+,34+,35+,36-,37+,38-,39+,40+,41+,42+,43+,44+,45+,46+,47+,49+,50+,51+,52+,53+,54+,55+/m0/s1. The summed E-state index contributed by atoms with van der Waals surface area (Å²) in [7, 11) is 0.